The van der Waals surface area contributed by atoms with Crippen molar-refractivity contribution in [1.82, 2.24) is 9.80 Å². The number of anilines is 1. The van der Waals surface area contributed by atoms with Gasteiger partial charge in [0.2, 0.25) is 15.9 Å². The maximum atomic E-state index is 12.4. The van der Waals surface area contributed by atoms with E-state index in [0.29, 0.717) is 24.3 Å². The molecule has 1 fully saturated rings. The summed E-state index contributed by atoms with van der Waals surface area (Å²) in [5.74, 6) is 0.695. The number of carbonyl (C=O) groups is 1. The molecule has 0 unspecified atom stereocenters. The van der Waals surface area contributed by atoms with Crippen molar-refractivity contribution in [3.05, 3.63) is 24.3 Å². The summed E-state index contributed by atoms with van der Waals surface area (Å²) in [5, 5.41) is 0. The first-order valence-electron chi connectivity index (χ1n) is 8.97. The number of benzene rings is 1. The van der Waals surface area contributed by atoms with Gasteiger partial charge in [-0.2, -0.15) is 0 Å². The molecule has 0 aromatic heterocycles. The smallest absolute Gasteiger partial charge is 0.232 e. The van der Waals surface area contributed by atoms with Crippen molar-refractivity contribution in [2.24, 2.45) is 0 Å². The summed E-state index contributed by atoms with van der Waals surface area (Å²) in [7, 11) is -1.89. The van der Waals surface area contributed by atoms with E-state index in [9.17, 15) is 13.2 Å². The fourth-order valence-corrected chi connectivity index (χ4v) is 4.05. The molecule has 0 N–H and O–H groups in total. The van der Waals surface area contributed by atoms with Gasteiger partial charge in [-0.1, -0.05) is 13.0 Å². The van der Waals surface area contributed by atoms with Crippen molar-refractivity contribution < 1.29 is 17.9 Å². The van der Waals surface area contributed by atoms with Crippen molar-refractivity contribution in [3.63, 3.8) is 0 Å². The predicted molar refractivity (Wildman–Crippen MR) is 103 cm³/mol. The average molecular weight is 384 g/mol. The minimum atomic E-state index is -3.43. The molecule has 0 atom stereocenters. The molecule has 7 nitrogen and oxygen atoms in total. The van der Waals surface area contributed by atoms with Crippen molar-refractivity contribution in [2.45, 2.75) is 19.8 Å². The van der Waals surface area contributed by atoms with Crippen molar-refractivity contribution >= 4 is 21.6 Å². The van der Waals surface area contributed by atoms with E-state index in [1.807, 2.05) is 4.90 Å². The first-order chi connectivity index (χ1) is 12.3. The predicted octanol–water partition coefficient (Wildman–Crippen LogP) is 1.41. The number of hydrogen-bond donors (Lipinski definition) is 0. The van der Waals surface area contributed by atoms with Gasteiger partial charge in [0.1, 0.15) is 5.75 Å². The van der Waals surface area contributed by atoms with E-state index < -0.39 is 10.0 Å². The van der Waals surface area contributed by atoms with Gasteiger partial charge >= 0.3 is 0 Å². The summed E-state index contributed by atoms with van der Waals surface area (Å²) in [6.07, 6.45) is 2.01. The van der Waals surface area contributed by atoms with Crippen LogP contribution in [0.25, 0.3) is 0 Å². The molecule has 0 spiro atoms. The molecule has 0 saturated carbocycles. The van der Waals surface area contributed by atoms with Gasteiger partial charge in [0.05, 0.1) is 19.1 Å². The van der Waals surface area contributed by atoms with E-state index >= 15 is 0 Å². The topological polar surface area (TPSA) is 70.2 Å². The lowest BCUT2D eigenvalue weighted by molar-refractivity contribution is -0.132. The lowest BCUT2D eigenvalue weighted by Crippen LogP contribution is -2.48. The first-order valence-corrected chi connectivity index (χ1v) is 10.8. The van der Waals surface area contributed by atoms with E-state index in [4.69, 9.17) is 4.74 Å². The van der Waals surface area contributed by atoms with Crippen LogP contribution in [0.3, 0.4) is 0 Å². The molecule has 1 aromatic rings. The number of nitrogens with zero attached hydrogens (tertiary/aromatic N) is 3. The summed E-state index contributed by atoms with van der Waals surface area (Å²) < 4.78 is 30.8. The highest BCUT2D eigenvalue weighted by molar-refractivity contribution is 7.92. The van der Waals surface area contributed by atoms with Crippen molar-refractivity contribution in [1.29, 1.82) is 0 Å². The van der Waals surface area contributed by atoms with Gasteiger partial charge in [0, 0.05) is 45.2 Å². The summed E-state index contributed by atoms with van der Waals surface area (Å²) >= 11 is 0. The molecular weight excluding hydrogens is 354 g/mol. The minimum absolute atomic E-state index is 0.0971. The van der Waals surface area contributed by atoms with Crippen LogP contribution in [0, 0.1) is 0 Å². The number of ether oxygens (including phenoxy) is 1. The number of hydrogen-bond acceptors (Lipinski definition) is 5. The summed E-state index contributed by atoms with van der Waals surface area (Å²) in [4.78, 5) is 16.6. The van der Waals surface area contributed by atoms with Crippen LogP contribution in [0.5, 0.6) is 5.75 Å². The molecule has 8 heteroatoms. The maximum Gasteiger partial charge on any atom is 0.232 e. The Labute approximate surface area is 156 Å². The van der Waals surface area contributed by atoms with Crippen molar-refractivity contribution in [2.75, 3.05) is 56.9 Å². The molecular formula is C18H29N3O4S. The first kappa shape index (κ1) is 20.5. The average Bonchev–Trinajstić information content (AvgIpc) is 2.64. The van der Waals surface area contributed by atoms with Gasteiger partial charge in [0.15, 0.2) is 0 Å². The highest BCUT2D eigenvalue weighted by Gasteiger charge is 2.22. The number of piperazine rings is 1. The van der Waals surface area contributed by atoms with E-state index in [1.165, 1.54) is 10.6 Å². The Morgan fingerprint density at radius 2 is 1.92 bits per heavy atom. The van der Waals surface area contributed by atoms with Gasteiger partial charge in [-0.3, -0.25) is 9.10 Å². The van der Waals surface area contributed by atoms with Gasteiger partial charge in [-0.05, 0) is 25.1 Å². The molecule has 0 bridgehead atoms. The molecule has 146 valence electrons. The lowest BCUT2D eigenvalue weighted by Gasteiger charge is -2.34. The standard InChI is InChI=1S/C18H29N3O4S/c1-4-19-11-13-20(14-12-19)18(22)9-6-10-21(26(3,23)24)16-7-5-8-17(15-16)25-2/h5,7-8,15H,4,6,9-14H2,1-3H3. The van der Waals surface area contributed by atoms with E-state index in [1.54, 1.807) is 31.4 Å². The fraction of sp³-hybridized carbons (Fsp3) is 0.611. The van der Waals surface area contributed by atoms with Crippen LogP contribution in [-0.4, -0.2) is 76.8 Å². The van der Waals surface area contributed by atoms with E-state index in [-0.39, 0.29) is 12.5 Å². The Morgan fingerprint density at radius 3 is 2.50 bits per heavy atom. The second-order valence-corrected chi connectivity index (χ2v) is 8.36. The molecule has 2 rings (SSSR count). The SMILES string of the molecule is CCN1CCN(C(=O)CCCN(c2cccc(OC)c2)S(C)(=O)=O)CC1. The zero-order valence-corrected chi connectivity index (χ0v) is 16.7. The number of likely N-dealkylation sites (N-methyl/N-ethyl adjacent to an activating group) is 1. The van der Waals surface area contributed by atoms with Gasteiger partial charge in [0.25, 0.3) is 0 Å². The Morgan fingerprint density at radius 1 is 1.23 bits per heavy atom. The Balaban J connectivity index is 1.93. The van der Waals surface area contributed by atoms with Gasteiger partial charge in [-0.25, -0.2) is 8.42 Å². The minimum Gasteiger partial charge on any atom is -0.497 e. The van der Waals surface area contributed by atoms with Crippen LogP contribution in [0.2, 0.25) is 0 Å². The molecule has 1 aliphatic rings. The highest BCUT2D eigenvalue weighted by Crippen LogP contribution is 2.23. The number of sulfonamides is 1. The quantitative estimate of drug-likeness (QED) is 0.679. The monoisotopic (exact) mass is 383 g/mol. The maximum absolute atomic E-state index is 12.4. The molecule has 0 aliphatic carbocycles. The lowest BCUT2D eigenvalue weighted by atomic mass is 10.2. The molecule has 1 saturated heterocycles. The summed E-state index contributed by atoms with van der Waals surface area (Å²) in [6, 6.07) is 6.94. The number of amides is 1. The van der Waals surface area contributed by atoms with Crippen molar-refractivity contribution in [3.8, 4) is 5.75 Å². The zero-order chi connectivity index (χ0) is 19.2. The van der Waals surface area contributed by atoms with Crippen LogP contribution in [0.15, 0.2) is 24.3 Å². The van der Waals surface area contributed by atoms with Crippen LogP contribution in [0.1, 0.15) is 19.8 Å². The van der Waals surface area contributed by atoms with Crippen LogP contribution in [-0.2, 0) is 14.8 Å². The van der Waals surface area contributed by atoms with Crippen LogP contribution in [0.4, 0.5) is 5.69 Å². The summed E-state index contributed by atoms with van der Waals surface area (Å²) in [6.45, 7) is 6.70. The molecule has 1 aliphatic heterocycles. The third-order valence-corrected chi connectivity index (χ3v) is 5.86. The third-order valence-electron chi connectivity index (χ3n) is 4.67. The second-order valence-electron chi connectivity index (χ2n) is 6.46. The van der Waals surface area contributed by atoms with Gasteiger partial charge in [-0.15, -0.1) is 0 Å². The number of methoxy groups -OCH3 is 1. The Hall–Kier alpha value is -1.80. The van der Waals surface area contributed by atoms with Crippen LogP contribution >= 0.6 is 0 Å². The largest absolute Gasteiger partial charge is 0.497 e. The normalized spacial score (nSPS) is 15.7. The fourth-order valence-electron chi connectivity index (χ4n) is 3.10. The molecule has 1 aromatic carbocycles. The van der Waals surface area contributed by atoms with E-state index in [0.717, 1.165) is 32.7 Å². The molecule has 26 heavy (non-hydrogen) atoms. The molecule has 1 amide bonds. The number of rotatable bonds is 8. The summed E-state index contributed by atoms with van der Waals surface area (Å²) in [5.41, 5.74) is 0.552. The molecule has 0 radical (unpaired) electrons. The Bertz CT molecular complexity index is 700. The van der Waals surface area contributed by atoms with Crippen LogP contribution < -0.4 is 9.04 Å². The van der Waals surface area contributed by atoms with E-state index in [2.05, 4.69) is 11.8 Å². The zero-order valence-electron chi connectivity index (χ0n) is 15.8. The molecule has 1 heterocycles. The number of carbonyl (C=O) groups excluding carboxylic acids is 1. The highest BCUT2D eigenvalue weighted by atomic mass is 32.2. The second kappa shape index (κ2) is 9.23. The Kier molecular flexibility index (Phi) is 7.28. The van der Waals surface area contributed by atoms with Gasteiger partial charge < -0.3 is 14.5 Å². The third kappa shape index (κ3) is 5.60.